The van der Waals surface area contributed by atoms with Crippen molar-refractivity contribution in [3.63, 3.8) is 0 Å². The van der Waals surface area contributed by atoms with Crippen LogP contribution in [-0.4, -0.2) is 58.9 Å². The van der Waals surface area contributed by atoms with E-state index >= 15 is 0 Å². The molecule has 8 heteroatoms. The van der Waals surface area contributed by atoms with Crippen LogP contribution in [0.5, 0.6) is 5.75 Å². The highest BCUT2D eigenvalue weighted by atomic mass is 32.2. The fourth-order valence-electron chi connectivity index (χ4n) is 4.19. The van der Waals surface area contributed by atoms with Crippen molar-refractivity contribution in [3.8, 4) is 5.75 Å². The SMILES string of the molecule is CSc1nc(N2CCN3CC(Oc4ccc(F)cc4)CCC3C2C)ncc1F. The molecule has 2 aromatic rings. The molecule has 0 spiro atoms. The third-order valence-electron chi connectivity index (χ3n) is 5.63. The number of aromatic nitrogens is 2. The number of ether oxygens (including phenoxy) is 1. The molecule has 3 heterocycles. The van der Waals surface area contributed by atoms with Gasteiger partial charge in [0.05, 0.1) is 6.20 Å². The van der Waals surface area contributed by atoms with Gasteiger partial charge in [-0.1, -0.05) is 0 Å². The number of nitrogens with zero attached hydrogens (tertiary/aromatic N) is 4. The minimum Gasteiger partial charge on any atom is -0.489 e. The summed E-state index contributed by atoms with van der Waals surface area (Å²) in [6.07, 6.45) is 5.13. The van der Waals surface area contributed by atoms with E-state index in [-0.39, 0.29) is 23.8 Å². The average Bonchev–Trinajstić information content (AvgIpc) is 2.71. The molecule has 0 saturated carbocycles. The number of piperazine rings is 1. The molecule has 3 atom stereocenters. The highest BCUT2D eigenvalue weighted by Gasteiger charge is 2.39. The lowest BCUT2D eigenvalue weighted by molar-refractivity contribution is 0.0286. The van der Waals surface area contributed by atoms with Crippen molar-refractivity contribution < 1.29 is 13.5 Å². The molecule has 4 rings (SSSR count). The summed E-state index contributed by atoms with van der Waals surface area (Å²) >= 11 is 1.30. The summed E-state index contributed by atoms with van der Waals surface area (Å²) in [7, 11) is 0. The predicted octanol–water partition coefficient (Wildman–Crippen LogP) is 3.60. The number of anilines is 1. The summed E-state index contributed by atoms with van der Waals surface area (Å²) < 4.78 is 32.9. The Hall–Kier alpha value is -1.93. The van der Waals surface area contributed by atoms with Crippen LogP contribution in [0.1, 0.15) is 19.8 Å². The van der Waals surface area contributed by atoms with Crippen molar-refractivity contribution in [3.05, 3.63) is 42.1 Å². The Labute approximate surface area is 168 Å². The first kappa shape index (κ1) is 19.4. The van der Waals surface area contributed by atoms with Crippen LogP contribution in [0.2, 0.25) is 0 Å². The molecule has 0 N–H and O–H groups in total. The minimum absolute atomic E-state index is 0.102. The lowest BCUT2D eigenvalue weighted by atomic mass is 9.92. The first-order valence-corrected chi connectivity index (χ1v) is 10.8. The zero-order chi connectivity index (χ0) is 19.7. The number of rotatable bonds is 4. The van der Waals surface area contributed by atoms with Gasteiger partial charge in [-0.3, -0.25) is 4.90 Å². The molecule has 5 nitrogen and oxygen atoms in total. The van der Waals surface area contributed by atoms with Crippen LogP contribution in [0.3, 0.4) is 0 Å². The molecule has 0 aliphatic carbocycles. The summed E-state index contributed by atoms with van der Waals surface area (Å²) in [5.74, 6) is 0.679. The quantitative estimate of drug-likeness (QED) is 0.571. The van der Waals surface area contributed by atoms with Crippen LogP contribution in [0, 0.1) is 11.6 Å². The third-order valence-corrected chi connectivity index (χ3v) is 6.31. The molecule has 0 amide bonds. The van der Waals surface area contributed by atoms with Gasteiger partial charge in [-0.15, -0.1) is 11.8 Å². The topological polar surface area (TPSA) is 41.5 Å². The van der Waals surface area contributed by atoms with Gasteiger partial charge >= 0.3 is 0 Å². The first-order valence-electron chi connectivity index (χ1n) is 9.54. The third kappa shape index (κ3) is 3.93. The number of hydrogen-bond donors (Lipinski definition) is 0. The standard InChI is InChI=1S/C20H24F2N4OS/c1-13-18-8-7-16(27-15-5-3-14(21)4-6-15)12-25(18)9-10-26(13)20-23-11-17(22)19(24-20)28-2/h3-6,11,13,16,18H,7-10,12H2,1-2H3. The van der Waals surface area contributed by atoms with Crippen LogP contribution in [-0.2, 0) is 0 Å². The molecule has 28 heavy (non-hydrogen) atoms. The van der Waals surface area contributed by atoms with Gasteiger partial charge in [0.25, 0.3) is 0 Å². The maximum atomic E-state index is 13.7. The van der Waals surface area contributed by atoms with Crippen LogP contribution in [0.25, 0.3) is 0 Å². The summed E-state index contributed by atoms with van der Waals surface area (Å²) in [6, 6.07) is 6.82. The van der Waals surface area contributed by atoms with Crippen molar-refractivity contribution in [2.75, 3.05) is 30.8 Å². The normalized spacial score (nSPS) is 25.4. The molecule has 0 bridgehead atoms. The Morgan fingerprint density at radius 2 is 1.93 bits per heavy atom. The van der Waals surface area contributed by atoms with Crippen LogP contribution >= 0.6 is 11.8 Å². The molecular formula is C20H24F2N4OS. The van der Waals surface area contributed by atoms with Crippen LogP contribution in [0.15, 0.2) is 35.5 Å². The van der Waals surface area contributed by atoms with Gasteiger partial charge in [-0.2, -0.15) is 0 Å². The Balaban J connectivity index is 1.42. The molecular weight excluding hydrogens is 382 g/mol. The lowest BCUT2D eigenvalue weighted by Crippen LogP contribution is -2.62. The second kappa shape index (κ2) is 8.21. The summed E-state index contributed by atoms with van der Waals surface area (Å²) in [4.78, 5) is 13.3. The largest absolute Gasteiger partial charge is 0.489 e. The number of hydrogen-bond acceptors (Lipinski definition) is 6. The van der Waals surface area contributed by atoms with Gasteiger partial charge in [-0.05, 0) is 50.3 Å². The van der Waals surface area contributed by atoms with Crippen LogP contribution in [0.4, 0.5) is 14.7 Å². The zero-order valence-corrected chi connectivity index (χ0v) is 16.8. The molecule has 0 radical (unpaired) electrons. The molecule has 2 saturated heterocycles. The van der Waals surface area contributed by atoms with E-state index in [9.17, 15) is 8.78 Å². The fraction of sp³-hybridized carbons (Fsp3) is 0.500. The highest BCUT2D eigenvalue weighted by Crippen LogP contribution is 2.31. The van der Waals surface area contributed by atoms with E-state index in [1.807, 2.05) is 6.26 Å². The Bertz CT molecular complexity index is 822. The number of halogens is 2. The second-order valence-corrected chi connectivity index (χ2v) is 8.09. The Morgan fingerprint density at radius 3 is 2.68 bits per heavy atom. The summed E-state index contributed by atoms with van der Waals surface area (Å²) in [5.41, 5.74) is 0. The maximum Gasteiger partial charge on any atom is 0.226 e. The fourth-order valence-corrected chi connectivity index (χ4v) is 4.61. The van der Waals surface area contributed by atoms with Crippen molar-refractivity contribution >= 4 is 17.7 Å². The molecule has 150 valence electrons. The molecule has 2 aliphatic heterocycles. The number of piperidine rings is 1. The van der Waals surface area contributed by atoms with Crippen molar-refractivity contribution in [2.45, 2.75) is 43.0 Å². The van der Waals surface area contributed by atoms with Crippen LogP contribution < -0.4 is 9.64 Å². The number of fused-ring (bicyclic) bond motifs is 1. The van der Waals surface area contributed by atoms with E-state index in [0.29, 0.717) is 22.8 Å². The monoisotopic (exact) mass is 406 g/mol. The molecule has 2 fully saturated rings. The molecule has 2 aliphatic rings. The van der Waals surface area contributed by atoms with Gasteiger partial charge in [0.15, 0.2) is 5.82 Å². The smallest absolute Gasteiger partial charge is 0.226 e. The highest BCUT2D eigenvalue weighted by molar-refractivity contribution is 7.98. The van der Waals surface area contributed by atoms with E-state index in [1.165, 1.54) is 30.1 Å². The van der Waals surface area contributed by atoms with Crippen molar-refractivity contribution in [1.29, 1.82) is 0 Å². The first-order chi connectivity index (χ1) is 13.5. The van der Waals surface area contributed by atoms with Gasteiger partial charge in [0.1, 0.15) is 22.7 Å². The number of thioether (sulfide) groups is 1. The Kier molecular flexibility index (Phi) is 5.68. The summed E-state index contributed by atoms with van der Waals surface area (Å²) in [5, 5.41) is 0.385. The van der Waals surface area contributed by atoms with E-state index in [2.05, 4.69) is 26.7 Å². The molecule has 3 unspecified atom stereocenters. The van der Waals surface area contributed by atoms with Gasteiger partial charge in [-0.25, -0.2) is 18.7 Å². The predicted molar refractivity (Wildman–Crippen MR) is 106 cm³/mol. The van der Waals surface area contributed by atoms with Crippen molar-refractivity contribution in [1.82, 2.24) is 14.9 Å². The molecule has 1 aromatic carbocycles. The average molecular weight is 407 g/mol. The minimum atomic E-state index is -0.374. The zero-order valence-electron chi connectivity index (χ0n) is 16.0. The molecule has 1 aromatic heterocycles. The second-order valence-electron chi connectivity index (χ2n) is 7.29. The lowest BCUT2D eigenvalue weighted by Gasteiger charge is -2.50. The van der Waals surface area contributed by atoms with E-state index in [1.54, 1.807) is 12.1 Å². The number of benzene rings is 1. The van der Waals surface area contributed by atoms with Gasteiger partial charge < -0.3 is 9.64 Å². The van der Waals surface area contributed by atoms with E-state index in [4.69, 9.17) is 4.74 Å². The van der Waals surface area contributed by atoms with Gasteiger partial charge in [0, 0.05) is 31.7 Å². The van der Waals surface area contributed by atoms with E-state index in [0.717, 1.165) is 32.5 Å². The maximum absolute atomic E-state index is 13.7. The van der Waals surface area contributed by atoms with Crippen molar-refractivity contribution in [2.24, 2.45) is 0 Å². The van der Waals surface area contributed by atoms with E-state index < -0.39 is 0 Å². The summed E-state index contributed by atoms with van der Waals surface area (Å²) in [6.45, 7) is 4.71. The van der Waals surface area contributed by atoms with Gasteiger partial charge in [0.2, 0.25) is 5.95 Å². The Morgan fingerprint density at radius 1 is 1.14 bits per heavy atom.